The van der Waals surface area contributed by atoms with Gasteiger partial charge in [0.15, 0.2) is 5.16 Å². The number of carbonyl (C=O) groups excluding carboxylic acids is 1. The Labute approximate surface area is 203 Å². The molecule has 10 heteroatoms. The third-order valence-electron chi connectivity index (χ3n) is 5.23. The maximum Gasteiger partial charge on any atom is 0.416 e. The first-order chi connectivity index (χ1) is 16.7. The first-order valence-corrected chi connectivity index (χ1v) is 11.5. The van der Waals surface area contributed by atoms with E-state index in [9.17, 15) is 22.4 Å². The molecule has 2 heterocycles. The summed E-state index contributed by atoms with van der Waals surface area (Å²) in [4.78, 5) is 23.1. The zero-order valence-corrected chi connectivity index (χ0v) is 19.4. The fraction of sp³-hybridized carbons (Fsp3) is 0.160. The van der Waals surface area contributed by atoms with E-state index in [2.05, 4.69) is 9.97 Å². The molecule has 0 aliphatic heterocycles. The summed E-state index contributed by atoms with van der Waals surface area (Å²) >= 11 is 1.06. The van der Waals surface area contributed by atoms with Crippen LogP contribution in [0.2, 0.25) is 0 Å². The average molecular weight is 501 g/mol. The number of halogens is 4. The second kappa shape index (κ2) is 10.3. The third-order valence-corrected chi connectivity index (χ3v) is 6.23. The molecule has 5 nitrogen and oxygen atoms in total. The number of thioether (sulfide) groups is 1. The Balaban J connectivity index is 1.66. The Hall–Kier alpha value is -3.66. The molecule has 4 aromatic rings. The van der Waals surface area contributed by atoms with Gasteiger partial charge in [0, 0.05) is 37.4 Å². The predicted octanol–water partition coefficient (Wildman–Crippen LogP) is 5.99. The lowest BCUT2D eigenvalue weighted by Gasteiger charge is -2.19. The molecule has 2 aromatic carbocycles. The molecule has 0 spiro atoms. The number of nitrogens with zero attached hydrogens (tertiary/aromatic N) is 4. The normalized spacial score (nSPS) is 11.5. The van der Waals surface area contributed by atoms with Crippen molar-refractivity contribution in [2.45, 2.75) is 23.6 Å². The number of amides is 1. The minimum absolute atomic E-state index is 0.0195. The van der Waals surface area contributed by atoms with E-state index in [0.717, 1.165) is 23.4 Å². The van der Waals surface area contributed by atoms with Crippen LogP contribution in [0.3, 0.4) is 0 Å². The van der Waals surface area contributed by atoms with Crippen LogP contribution in [0, 0.1) is 5.82 Å². The topological polar surface area (TPSA) is 51.0 Å². The maximum absolute atomic E-state index is 13.6. The molecule has 0 saturated carbocycles. The summed E-state index contributed by atoms with van der Waals surface area (Å²) < 4.78 is 55.3. The number of alkyl halides is 3. The lowest BCUT2D eigenvalue weighted by Crippen LogP contribution is -2.28. The molecule has 0 fully saturated rings. The maximum atomic E-state index is 13.6. The Morgan fingerprint density at radius 3 is 2.40 bits per heavy atom. The van der Waals surface area contributed by atoms with E-state index in [0.29, 0.717) is 17.4 Å². The molecular formula is C25H20F4N4OS. The van der Waals surface area contributed by atoms with E-state index in [1.165, 1.54) is 52.1 Å². The fourth-order valence-corrected chi connectivity index (χ4v) is 4.52. The van der Waals surface area contributed by atoms with Crippen LogP contribution in [-0.2, 0) is 18.5 Å². The van der Waals surface area contributed by atoms with Crippen LogP contribution in [0.5, 0.6) is 0 Å². The van der Waals surface area contributed by atoms with Gasteiger partial charge in [0.25, 0.3) is 5.91 Å². The molecule has 180 valence electrons. The number of carbonyl (C=O) groups is 1. The number of hydrogen-bond acceptors (Lipinski definition) is 4. The Morgan fingerprint density at radius 2 is 1.71 bits per heavy atom. The fourth-order valence-electron chi connectivity index (χ4n) is 3.52. The standard InChI is InChI=1S/C25H20F4N4OS/c1-32(15-17-10-12-30-13-11-17)23(34)22-14-31-24(33(22)20-8-6-19(26)7-9-20)35-16-18-4-2-3-5-21(18)25(27,28)29/h2-14H,15-16H2,1H3. The summed E-state index contributed by atoms with van der Waals surface area (Å²) in [6, 6.07) is 14.4. The molecular weight excluding hydrogens is 480 g/mol. The monoisotopic (exact) mass is 500 g/mol. The van der Waals surface area contributed by atoms with Gasteiger partial charge in [-0.2, -0.15) is 13.2 Å². The Bertz CT molecular complexity index is 1310. The van der Waals surface area contributed by atoms with E-state index >= 15 is 0 Å². The van der Waals surface area contributed by atoms with Gasteiger partial charge in [-0.25, -0.2) is 9.37 Å². The van der Waals surface area contributed by atoms with Gasteiger partial charge in [0.2, 0.25) is 0 Å². The molecule has 1 amide bonds. The number of imidazole rings is 1. The van der Waals surface area contributed by atoms with Crippen LogP contribution in [0.25, 0.3) is 5.69 Å². The van der Waals surface area contributed by atoms with E-state index < -0.39 is 17.6 Å². The summed E-state index contributed by atoms with van der Waals surface area (Å²) in [5, 5.41) is 0.314. The van der Waals surface area contributed by atoms with Crippen molar-refractivity contribution >= 4 is 17.7 Å². The van der Waals surface area contributed by atoms with Crippen LogP contribution in [0.15, 0.2) is 84.4 Å². The molecule has 0 atom stereocenters. The van der Waals surface area contributed by atoms with Crippen LogP contribution in [-0.4, -0.2) is 32.4 Å². The molecule has 0 radical (unpaired) electrons. The van der Waals surface area contributed by atoms with Crippen molar-refractivity contribution in [1.29, 1.82) is 0 Å². The van der Waals surface area contributed by atoms with Crippen molar-refractivity contribution in [2.75, 3.05) is 7.05 Å². The number of aromatic nitrogens is 3. The van der Waals surface area contributed by atoms with Crippen LogP contribution in [0.1, 0.15) is 27.2 Å². The quantitative estimate of drug-likeness (QED) is 0.231. The van der Waals surface area contributed by atoms with Gasteiger partial charge in [-0.1, -0.05) is 30.0 Å². The zero-order chi connectivity index (χ0) is 25.0. The van der Waals surface area contributed by atoms with Crippen molar-refractivity contribution in [3.05, 3.63) is 107 Å². The average Bonchev–Trinajstić information content (AvgIpc) is 3.27. The Morgan fingerprint density at radius 1 is 1.03 bits per heavy atom. The van der Waals surface area contributed by atoms with Crippen LogP contribution < -0.4 is 0 Å². The minimum Gasteiger partial charge on any atom is -0.336 e. The first-order valence-electron chi connectivity index (χ1n) is 10.5. The van der Waals surface area contributed by atoms with Gasteiger partial charge >= 0.3 is 6.18 Å². The van der Waals surface area contributed by atoms with Gasteiger partial charge in [-0.05, 0) is 53.6 Å². The van der Waals surface area contributed by atoms with Gasteiger partial charge in [0.05, 0.1) is 11.8 Å². The highest BCUT2D eigenvalue weighted by Gasteiger charge is 2.33. The number of rotatable bonds is 7. The lowest BCUT2D eigenvalue weighted by atomic mass is 10.1. The highest BCUT2D eigenvalue weighted by molar-refractivity contribution is 7.98. The predicted molar refractivity (Wildman–Crippen MR) is 125 cm³/mol. The molecule has 0 aliphatic rings. The van der Waals surface area contributed by atoms with Crippen molar-refractivity contribution in [2.24, 2.45) is 0 Å². The highest BCUT2D eigenvalue weighted by atomic mass is 32.2. The molecule has 0 N–H and O–H groups in total. The third kappa shape index (κ3) is 5.71. The summed E-state index contributed by atoms with van der Waals surface area (Å²) in [5.74, 6) is -0.819. The van der Waals surface area contributed by atoms with Gasteiger partial charge < -0.3 is 4.90 Å². The summed E-state index contributed by atoms with van der Waals surface area (Å²) in [6.45, 7) is 0.317. The molecule has 0 saturated heterocycles. The first kappa shape index (κ1) is 24.5. The van der Waals surface area contributed by atoms with E-state index in [-0.39, 0.29) is 22.9 Å². The molecule has 0 unspecified atom stereocenters. The number of benzene rings is 2. The lowest BCUT2D eigenvalue weighted by molar-refractivity contribution is -0.138. The van der Waals surface area contributed by atoms with Crippen molar-refractivity contribution < 1.29 is 22.4 Å². The summed E-state index contributed by atoms with van der Waals surface area (Å²) in [5.41, 5.74) is 0.931. The Kier molecular flexibility index (Phi) is 7.20. The largest absolute Gasteiger partial charge is 0.416 e. The number of hydrogen-bond donors (Lipinski definition) is 0. The highest BCUT2D eigenvalue weighted by Crippen LogP contribution is 2.35. The van der Waals surface area contributed by atoms with E-state index in [1.54, 1.807) is 37.6 Å². The van der Waals surface area contributed by atoms with Crippen LogP contribution in [0.4, 0.5) is 17.6 Å². The van der Waals surface area contributed by atoms with Gasteiger partial charge in [0.1, 0.15) is 11.5 Å². The molecule has 0 aliphatic carbocycles. The summed E-state index contributed by atoms with van der Waals surface area (Å²) in [6.07, 6.45) is 0.154. The van der Waals surface area contributed by atoms with E-state index in [4.69, 9.17) is 0 Å². The van der Waals surface area contributed by atoms with E-state index in [1.807, 2.05) is 0 Å². The zero-order valence-electron chi connectivity index (χ0n) is 18.5. The molecule has 0 bridgehead atoms. The molecule has 4 rings (SSSR count). The second-order valence-electron chi connectivity index (χ2n) is 7.70. The van der Waals surface area contributed by atoms with Crippen molar-refractivity contribution in [3.8, 4) is 5.69 Å². The second-order valence-corrected chi connectivity index (χ2v) is 8.64. The van der Waals surface area contributed by atoms with Crippen molar-refractivity contribution in [1.82, 2.24) is 19.4 Å². The SMILES string of the molecule is CN(Cc1ccncc1)C(=O)c1cnc(SCc2ccccc2C(F)(F)F)n1-c1ccc(F)cc1. The summed E-state index contributed by atoms with van der Waals surface area (Å²) in [7, 11) is 1.64. The molecule has 2 aromatic heterocycles. The molecule has 35 heavy (non-hydrogen) atoms. The van der Waals surface area contributed by atoms with Crippen LogP contribution >= 0.6 is 11.8 Å². The van der Waals surface area contributed by atoms with Gasteiger partial charge in [-0.15, -0.1) is 0 Å². The minimum atomic E-state index is -4.49. The smallest absolute Gasteiger partial charge is 0.336 e. The number of pyridine rings is 1. The van der Waals surface area contributed by atoms with Gasteiger partial charge in [-0.3, -0.25) is 14.3 Å². The van der Waals surface area contributed by atoms with Crippen molar-refractivity contribution in [3.63, 3.8) is 0 Å².